The molecule has 1 fully saturated rings. The molecule has 1 aromatic heterocycles. The number of aromatic nitrogens is 1. The van der Waals surface area contributed by atoms with Gasteiger partial charge in [0, 0.05) is 30.1 Å². The van der Waals surface area contributed by atoms with Crippen LogP contribution >= 0.6 is 0 Å². The van der Waals surface area contributed by atoms with Crippen LogP contribution in [0.1, 0.15) is 32.3 Å². The molecule has 0 saturated carbocycles. The van der Waals surface area contributed by atoms with Crippen molar-refractivity contribution in [2.24, 2.45) is 11.7 Å². The smallest absolute Gasteiger partial charge is 0.326 e. The van der Waals surface area contributed by atoms with Crippen LogP contribution in [0.25, 0.3) is 10.9 Å². The molecular formula is C23H31N5O5. The van der Waals surface area contributed by atoms with Crippen LogP contribution in [0.3, 0.4) is 0 Å². The van der Waals surface area contributed by atoms with E-state index in [1.807, 2.05) is 24.3 Å². The molecule has 1 aliphatic heterocycles. The van der Waals surface area contributed by atoms with Gasteiger partial charge in [-0.15, -0.1) is 0 Å². The number of nitrogens with one attached hydrogen (secondary N) is 3. The van der Waals surface area contributed by atoms with Crippen molar-refractivity contribution in [2.45, 2.75) is 51.2 Å². The van der Waals surface area contributed by atoms with Crippen molar-refractivity contribution >= 4 is 34.6 Å². The topological polar surface area (TPSA) is 158 Å². The second kappa shape index (κ2) is 10.5. The molecule has 0 spiro atoms. The lowest BCUT2D eigenvalue weighted by Gasteiger charge is -2.27. The molecule has 2 heterocycles. The number of aromatic amines is 1. The molecule has 3 atom stereocenters. The van der Waals surface area contributed by atoms with E-state index in [4.69, 9.17) is 5.73 Å². The fraction of sp³-hybridized carbons (Fsp3) is 0.478. The minimum Gasteiger partial charge on any atom is -0.480 e. The Morgan fingerprint density at radius 3 is 2.67 bits per heavy atom. The molecule has 0 bridgehead atoms. The summed E-state index contributed by atoms with van der Waals surface area (Å²) in [6, 6.07) is 4.94. The van der Waals surface area contributed by atoms with Crippen LogP contribution in [0.2, 0.25) is 0 Å². The van der Waals surface area contributed by atoms with E-state index in [2.05, 4.69) is 15.6 Å². The number of carbonyl (C=O) groups excluding carboxylic acids is 3. The Labute approximate surface area is 191 Å². The molecule has 6 N–H and O–H groups in total. The SMILES string of the molecule is CC(C)C(N)C(=O)NCC(=O)NC(Cc1c[nH]c2ccccc12)C(=O)N1CCCC1C(=O)O. The zero-order valence-corrected chi connectivity index (χ0v) is 18.8. The molecule has 1 saturated heterocycles. The van der Waals surface area contributed by atoms with Crippen molar-refractivity contribution in [1.82, 2.24) is 20.5 Å². The molecule has 10 nitrogen and oxygen atoms in total. The van der Waals surface area contributed by atoms with Gasteiger partial charge in [-0.1, -0.05) is 32.0 Å². The summed E-state index contributed by atoms with van der Waals surface area (Å²) in [5.74, 6) is -2.61. The maximum absolute atomic E-state index is 13.3. The Hall–Kier alpha value is -3.40. The van der Waals surface area contributed by atoms with Gasteiger partial charge in [-0.2, -0.15) is 0 Å². The van der Waals surface area contributed by atoms with Crippen LogP contribution in [0.5, 0.6) is 0 Å². The molecule has 1 aromatic carbocycles. The number of benzene rings is 1. The van der Waals surface area contributed by atoms with Gasteiger partial charge in [0.1, 0.15) is 12.1 Å². The average Bonchev–Trinajstić information content (AvgIpc) is 3.43. The summed E-state index contributed by atoms with van der Waals surface area (Å²) in [5.41, 5.74) is 7.52. The molecular weight excluding hydrogens is 426 g/mol. The number of aliphatic carboxylic acids is 1. The number of carboxylic acids is 1. The first-order valence-corrected chi connectivity index (χ1v) is 11.1. The molecule has 178 valence electrons. The number of nitrogens with zero attached hydrogens (tertiary/aromatic N) is 1. The first kappa shape index (κ1) is 24.2. The first-order chi connectivity index (χ1) is 15.7. The second-order valence-corrected chi connectivity index (χ2v) is 8.70. The zero-order chi connectivity index (χ0) is 24.1. The highest BCUT2D eigenvalue weighted by Gasteiger charge is 2.38. The number of nitrogens with two attached hydrogens (primary N) is 1. The van der Waals surface area contributed by atoms with Gasteiger partial charge in [0.15, 0.2) is 0 Å². The van der Waals surface area contributed by atoms with Crippen molar-refractivity contribution in [3.63, 3.8) is 0 Å². The van der Waals surface area contributed by atoms with E-state index in [1.54, 1.807) is 20.0 Å². The van der Waals surface area contributed by atoms with E-state index >= 15 is 0 Å². The third-order valence-corrected chi connectivity index (χ3v) is 6.00. The lowest BCUT2D eigenvalue weighted by Crippen LogP contribution is -2.54. The number of carboxylic acid groups (broad SMARTS) is 1. The molecule has 3 amide bonds. The normalized spacial score (nSPS) is 17.7. The van der Waals surface area contributed by atoms with Gasteiger partial charge in [-0.3, -0.25) is 14.4 Å². The summed E-state index contributed by atoms with van der Waals surface area (Å²) in [4.78, 5) is 54.1. The average molecular weight is 458 g/mol. The molecule has 1 aliphatic rings. The van der Waals surface area contributed by atoms with Crippen molar-refractivity contribution in [1.29, 1.82) is 0 Å². The minimum absolute atomic E-state index is 0.0904. The molecule has 3 rings (SSSR count). The number of likely N-dealkylation sites (tertiary alicyclic amines) is 1. The number of para-hydroxylation sites is 1. The van der Waals surface area contributed by atoms with Gasteiger partial charge in [0.05, 0.1) is 12.6 Å². The van der Waals surface area contributed by atoms with Crippen LogP contribution in [0.4, 0.5) is 0 Å². The number of rotatable bonds is 9. The summed E-state index contributed by atoms with van der Waals surface area (Å²) in [7, 11) is 0. The molecule has 3 unspecified atom stereocenters. The highest BCUT2D eigenvalue weighted by atomic mass is 16.4. The van der Waals surface area contributed by atoms with Crippen molar-refractivity contribution in [3.8, 4) is 0 Å². The van der Waals surface area contributed by atoms with E-state index in [1.165, 1.54) is 4.90 Å². The van der Waals surface area contributed by atoms with Gasteiger partial charge in [-0.05, 0) is 30.4 Å². The fourth-order valence-electron chi connectivity index (χ4n) is 4.04. The Kier molecular flexibility index (Phi) is 7.70. The van der Waals surface area contributed by atoms with Crippen LogP contribution < -0.4 is 16.4 Å². The van der Waals surface area contributed by atoms with Gasteiger partial charge in [0.2, 0.25) is 17.7 Å². The zero-order valence-electron chi connectivity index (χ0n) is 18.8. The van der Waals surface area contributed by atoms with Gasteiger partial charge >= 0.3 is 5.97 Å². The van der Waals surface area contributed by atoms with E-state index in [0.717, 1.165) is 16.5 Å². The van der Waals surface area contributed by atoms with Crippen molar-refractivity contribution < 1.29 is 24.3 Å². The molecule has 2 aromatic rings. The van der Waals surface area contributed by atoms with E-state index in [0.29, 0.717) is 19.4 Å². The number of carbonyl (C=O) groups is 4. The van der Waals surface area contributed by atoms with Crippen molar-refractivity contribution in [3.05, 3.63) is 36.0 Å². The maximum Gasteiger partial charge on any atom is 0.326 e. The third-order valence-electron chi connectivity index (χ3n) is 6.00. The highest BCUT2D eigenvalue weighted by molar-refractivity contribution is 5.93. The van der Waals surface area contributed by atoms with Crippen LogP contribution in [-0.2, 0) is 25.6 Å². The molecule has 10 heteroatoms. The van der Waals surface area contributed by atoms with Crippen molar-refractivity contribution in [2.75, 3.05) is 13.1 Å². The van der Waals surface area contributed by atoms with Crippen LogP contribution in [0.15, 0.2) is 30.5 Å². The van der Waals surface area contributed by atoms with E-state index < -0.39 is 41.8 Å². The number of amides is 3. The molecule has 0 aliphatic carbocycles. The van der Waals surface area contributed by atoms with E-state index in [9.17, 15) is 24.3 Å². The fourth-order valence-corrected chi connectivity index (χ4v) is 4.04. The predicted octanol–water partition coefficient (Wildman–Crippen LogP) is 0.370. The number of hydrogen-bond donors (Lipinski definition) is 5. The third kappa shape index (κ3) is 5.70. The van der Waals surface area contributed by atoms with E-state index in [-0.39, 0.29) is 18.9 Å². The van der Waals surface area contributed by atoms with Gasteiger partial charge < -0.3 is 31.4 Å². The summed E-state index contributed by atoms with van der Waals surface area (Å²) in [6.07, 6.45) is 2.91. The Bertz CT molecular complexity index is 1030. The monoisotopic (exact) mass is 457 g/mol. The summed E-state index contributed by atoms with van der Waals surface area (Å²) >= 11 is 0. The molecule has 33 heavy (non-hydrogen) atoms. The lowest BCUT2D eigenvalue weighted by molar-refractivity contribution is -0.149. The lowest BCUT2D eigenvalue weighted by atomic mass is 10.0. The summed E-state index contributed by atoms with van der Waals surface area (Å²) in [5, 5.41) is 15.6. The quantitative estimate of drug-likeness (QED) is 0.366. The minimum atomic E-state index is -1.06. The standard InChI is InChI=1S/C23H31N5O5/c1-13(2)20(24)21(30)26-12-19(29)27-17(22(31)28-9-5-8-18(28)23(32)33)10-14-11-25-16-7-4-3-6-15(14)16/h3-4,6-7,11,13,17-18,20,25H,5,8-10,12,24H2,1-2H3,(H,26,30)(H,27,29)(H,32,33). The number of hydrogen-bond acceptors (Lipinski definition) is 5. The first-order valence-electron chi connectivity index (χ1n) is 11.1. The Morgan fingerprint density at radius 1 is 1.24 bits per heavy atom. The molecule has 0 radical (unpaired) electrons. The largest absolute Gasteiger partial charge is 0.480 e. The van der Waals surface area contributed by atoms with Gasteiger partial charge in [0.25, 0.3) is 0 Å². The summed E-state index contributed by atoms with van der Waals surface area (Å²) < 4.78 is 0. The van der Waals surface area contributed by atoms with Crippen LogP contribution in [0, 0.1) is 5.92 Å². The number of H-pyrrole nitrogens is 1. The summed E-state index contributed by atoms with van der Waals surface area (Å²) in [6.45, 7) is 3.58. The Morgan fingerprint density at radius 2 is 1.97 bits per heavy atom. The van der Waals surface area contributed by atoms with Crippen LogP contribution in [-0.4, -0.2) is 69.9 Å². The highest BCUT2D eigenvalue weighted by Crippen LogP contribution is 2.22. The Balaban J connectivity index is 1.76. The predicted molar refractivity (Wildman–Crippen MR) is 122 cm³/mol. The maximum atomic E-state index is 13.3. The second-order valence-electron chi connectivity index (χ2n) is 8.70. The number of fused-ring (bicyclic) bond motifs is 1. The van der Waals surface area contributed by atoms with Gasteiger partial charge in [-0.25, -0.2) is 4.79 Å².